The molecule has 6 heteroatoms. The molecule has 0 aliphatic rings. The van der Waals surface area contributed by atoms with E-state index in [1.807, 2.05) is 6.26 Å². The molecule has 94 valence electrons. The minimum absolute atomic E-state index is 0.237. The molecule has 0 aliphatic carbocycles. The van der Waals surface area contributed by atoms with Gasteiger partial charge in [0.2, 0.25) is 11.8 Å². The van der Waals surface area contributed by atoms with E-state index in [2.05, 4.69) is 10.2 Å². The van der Waals surface area contributed by atoms with Gasteiger partial charge in [-0.3, -0.25) is 0 Å². The molecule has 0 saturated heterocycles. The van der Waals surface area contributed by atoms with Gasteiger partial charge in [0.05, 0.1) is 5.56 Å². The van der Waals surface area contributed by atoms with Crippen molar-refractivity contribution in [3.63, 3.8) is 0 Å². The fraction of sp³-hybridized carbons (Fsp3) is 0.250. The number of thioether (sulfide) groups is 1. The van der Waals surface area contributed by atoms with E-state index < -0.39 is 5.97 Å². The van der Waals surface area contributed by atoms with Gasteiger partial charge in [0, 0.05) is 17.7 Å². The molecule has 1 heterocycles. The minimum Gasteiger partial charge on any atom is -0.478 e. The van der Waals surface area contributed by atoms with E-state index >= 15 is 0 Å². The van der Waals surface area contributed by atoms with E-state index in [0.29, 0.717) is 11.8 Å². The van der Waals surface area contributed by atoms with E-state index in [9.17, 15) is 4.79 Å². The summed E-state index contributed by atoms with van der Waals surface area (Å²) in [5.41, 5.74) is 0.962. The Morgan fingerprint density at radius 3 is 2.67 bits per heavy atom. The summed E-state index contributed by atoms with van der Waals surface area (Å²) in [4.78, 5) is 10.7. The zero-order valence-corrected chi connectivity index (χ0v) is 10.6. The summed E-state index contributed by atoms with van der Waals surface area (Å²) in [5.74, 6) is 0.997. The van der Waals surface area contributed by atoms with Crippen LogP contribution in [0.5, 0.6) is 0 Å². The van der Waals surface area contributed by atoms with Crippen LogP contribution in [-0.2, 0) is 6.42 Å². The second kappa shape index (κ2) is 5.68. The van der Waals surface area contributed by atoms with E-state index in [1.54, 1.807) is 23.9 Å². The van der Waals surface area contributed by atoms with Gasteiger partial charge >= 0.3 is 5.97 Å². The smallest absolute Gasteiger partial charge is 0.335 e. The zero-order chi connectivity index (χ0) is 13.0. The van der Waals surface area contributed by atoms with Crippen LogP contribution in [0, 0.1) is 0 Å². The van der Waals surface area contributed by atoms with Crippen LogP contribution in [0.1, 0.15) is 16.2 Å². The Kier molecular flexibility index (Phi) is 3.99. The lowest BCUT2D eigenvalue weighted by Crippen LogP contribution is -1.94. The number of carbonyl (C=O) groups is 1. The first-order valence-corrected chi connectivity index (χ1v) is 6.75. The Morgan fingerprint density at radius 2 is 2.06 bits per heavy atom. The van der Waals surface area contributed by atoms with Gasteiger partial charge in [0.1, 0.15) is 0 Å². The number of carboxylic acids is 1. The lowest BCUT2D eigenvalue weighted by molar-refractivity contribution is 0.0697. The normalized spacial score (nSPS) is 10.5. The summed E-state index contributed by atoms with van der Waals surface area (Å²) in [7, 11) is 0. The summed E-state index contributed by atoms with van der Waals surface area (Å²) in [6, 6.07) is 6.36. The van der Waals surface area contributed by atoms with Gasteiger partial charge in [0.25, 0.3) is 0 Å². The molecule has 0 spiro atoms. The molecule has 0 unspecified atom stereocenters. The van der Waals surface area contributed by atoms with Gasteiger partial charge in [0.15, 0.2) is 0 Å². The number of hydrogen-bond donors (Lipinski definition) is 1. The average Bonchev–Trinajstić information content (AvgIpc) is 2.85. The topological polar surface area (TPSA) is 76.2 Å². The van der Waals surface area contributed by atoms with Crippen LogP contribution >= 0.6 is 11.8 Å². The lowest BCUT2D eigenvalue weighted by Gasteiger charge is -1.96. The maximum absolute atomic E-state index is 10.7. The highest BCUT2D eigenvalue weighted by Gasteiger charge is 2.09. The lowest BCUT2D eigenvalue weighted by atomic mass is 10.1. The highest BCUT2D eigenvalue weighted by Crippen LogP contribution is 2.19. The van der Waals surface area contributed by atoms with Crippen molar-refractivity contribution in [2.45, 2.75) is 6.42 Å². The largest absolute Gasteiger partial charge is 0.478 e. The van der Waals surface area contributed by atoms with Crippen LogP contribution in [0.4, 0.5) is 0 Å². The average molecular weight is 264 g/mol. The van der Waals surface area contributed by atoms with Crippen molar-refractivity contribution in [2.24, 2.45) is 0 Å². The predicted molar refractivity (Wildman–Crippen MR) is 68.8 cm³/mol. The summed E-state index contributed by atoms with van der Waals surface area (Å²) in [5, 5.41) is 16.7. The molecule has 0 fully saturated rings. The zero-order valence-electron chi connectivity index (χ0n) is 9.79. The first-order valence-electron chi connectivity index (χ1n) is 5.36. The SMILES string of the molecule is CSCCc1nnc(-c2ccc(C(=O)O)cc2)o1. The van der Waals surface area contributed by atoms with Crippen molar-refractivity contribution in [2.75, 3.05) is 12.0 Å². The molecule has 0 bridgehead atoms. The summed E-state index contributed by atoms with van der Waals surface area (Å²) in [6.07, 6.45) is 2.75. The monoisotopic (exact) mass is 264 g/mol. The van der Waals surface area contributed by atoms with Crippen molar-refractivity contribution >= 4 is 17.7 Å². The Morgan fingerprint density at radius 1 is 1.33 bits per heavy atom. The number of carboxylic acid groups (broad SMARTS) is 1. The number of nitrogens with zero attached hydrogens (tertiary/aromatic N) is 2. The Hall–Kier alpha value is -1.82. The molecule has 0 radical (unpaired) electrons. The fourth-order valence-electron chi connectivity index (χ4n) is 1.42. The minimum atomic E-state index is -0.951. The number of benzene rings is 1. The van der Waals surface area contributed by atoms with Crippen molar-refractivity contribution in [1.82, 2.24) is 10.2 Å². The summed E-state index contributed by atoms with van der Waals surface area (Å²) >= 11 is 1.71. The van der Waals surface area contributed by atoms with Crippen LogP contribution in [0.25, 0.3) is 11.5 Å². The second-order valence-electron chi connectivity index (χ2n) is 3.63. The molecule has 0 saturated carbocycles. The standard InChI is InChI=1S/C12H12N2O3S/c1-18-7-6-10-13-14-11(17-10)8-2-4-9(5-3-8)12(15)16/h2-5H,6-7H2,1H3,(H,15,16). The van der Waals surface area contributed by atoms with Gasteiger partial charge in [-0.1, -0.05) is 0 Å². The molecule has 1 N–H and O–H groups in total. The second-order valence-corrected chi connectivity index (χ2v) is 4.61. The molecular formula is C12H12N2O3S. The quantitative estimate of drug-likeness (QED) is 0.893. The third-order valence-corrected chi connectivity index (χ3v) is 2.98. The molecule has 2 rings (SSSR count). The van der Waals surface area contributed by atoms with Crippen LogP contribution in [0.15, 0.2) is 28.7 Å². The number of aromatic carboxylic acids is 1. The maximum Gasteiger partial charge on any atom is 0.335 e. The number of aromatic nitrogens is 2. The molecule has 0 aliphatic heterocycles. The van der Waals surface area contributed by atoms with Gasteiger partial charge < -0.3 is 9.52 Å². The molecule has 0 amide bonds. The van der Waals surface area contributed by atoms with Crippen molar-refractivity contribution in [1.29, 1.82) is 0 Å². The summed E-state index contributed by atoms with van der Waals surface area (Å²) < 4.78 is 5.49. The van der Waals surface area contributed by atoms with Crippen molar-refractivity contribution in [3.8, 4) is 11.5 Å². The van der Waals surface area contributed by atoms with E-state index in [4.69, 9.17) is 9.52 Å². The number of hydrogen-bond acceptors (Lipinski definition) is 5. The Bertz CT molecular complexity index is 537. The fourth-order valence-corrected chi connectivity index (χ4v) is 1.79. The number of aryl methyl sites for hydroxylation is 1. The molecule has 2 aromatic rings. The van der Waals surface area contributed by atoms with Gasteiger partial charge in [-0.25, -0.2) is 4.79 Å². The molecule has 0 atom stereocenters. The maximum atomic E-state index is 10.7. The van der Waals surface area contributed by atoms with E-state index in [0.717, 1.165) is 17.7 Å². The molecule has 1 aromatic carbocycles. The third-order valence-electron chi connectivity index (χ3n) is 2.37. The van der Waals surface area contributed by atoms with Crippen LogP contribution in [-0.4, -0.2) is 33.3 Å². The van der Waals surface area contributed by atoms with Gasteiger partial charge in [-0.2, -0.15) is 11.8 Å². The first kappa shape index (κ1) is 12.6. The highest BCUT2D eigenvalue weighted by molar-refractivity contribution is 7.98. The van der Waals surface area contributed by atoms with Crippen LogP contribution in [0.3, 0.4) is 0 Å². The summed E-state index contributed by atoms with van der Waals surface area (Å²) in [6.45, 7) is 0. The number of rotatable bonds is 5. The third kappa shape index (κ3) is 2.89. The molecule has 18 heavy (non-hydrogen) atoms. The molecular weight excluding hydrogens is 252 g/mol. The van der Waals surface area contributed by atoms with E-state index in [1.165, 1.54) is 12.1 Å². The molecule has 5 nitrogen and oxygen atoms in total. The highest BCUT2D eigenvalue weighted by atomic mass is 32.2. The van der Waals surface area contributed by atoms with Crippen LogP contribution < -0.4 is 0 Å². The predicted octanol–water partition coefficient (Wildman–Crippen LogP) is 2.34. The Balaban J connectivity index is 2.15. The first-order chi connectivity index (χ1) is 8.70. The Labute approximate surface area is 108 Å². The molecule has 1 aromatic heterocycles. The van der Waals surface area contributed by atoms with Crippen molar-refractivity contribution < 1.29 is 14.3 Å². The van der Waals surface area contributed by atoms with E-state index in [-0.39, 0.29) is 5.56 Å². The van der Waals surface area contributed by atoms with Crippen LogP contribution in [0.2, 0.25) is 0 Å². The van der Waals surface area contributed by atoms with Gasteiger partial charge in [-0.05, 0) is 30.5 Å². The van der Waals surface area contributed by atoms with Gasteiger partial charge in [-0.15, -0.1) is 10.2 Å². The van der Waals surface area contributed by atoms with Crippen molar-refractivity contribution in [3.05, 3.63) is 35.7 Å².